The number of nitrogens with zero attached hydrogens (tertiary/aromatic N) is 2. The van der Waals surface area contributed by atoms with Crippen LogP contribution < -0.4 is 11.3 Å². The van der Waals surface area contributed by atoms with Crippen LogP contribution in [0.25, 0.3) is 0 Å². The maximum absolute atomic E-state index is 12.7. The van der Waals surface area contributed by atoms with Gasteiger partial charge >= 0.3 is 6.18 Å². The van der Waals surface area contributed by atoms with E-state index in [0.29, 0.717) is 18.4 Å². The van der Waals surface area contributed by atoms with Gasteiger partial charge in [0.15, 0.2) is 0 Å². The molecule has 0 amide bonds. The monoisotopic (exact) mass is 316 g/mol. The maximum Gasteiger partial charge on any atom is 0.416 e. The molecule has 0 spiro atoms. The molecule has 1 aromatic heterocycles. The SMILES string of the molecule is CCc1nnsc1C(Cc1cccc(C(F)(F)F)c1)NN. The molecule has 3 N–H and O–H groups in total. The number of nitrogens with one attached hydrogen (secondary N) is 1. The van der Waals surface area contributed by atoms with Crippen LogP contribution in [0.1, 0.15) is 34.7 Å². The average Bonchev–Trinajstić information content (AvgIpc) is 2.92. The highest BCUT2D eigenvalue weighted by Crippen LogP contribution is 2.31. The van der Waals surface area contributed by atoms with Gasteiger partial charge in [-0.3, -0.25) is 11.3 Å². The van der Waals surface area contributed by atoms with Crippen LogP contribution in [-0.4, -0.2) is 9.59 Å². The number of benzene rings is 1. The number of hydrogen-bond acceptors (Lipinski definition) is 5. The molecule has 0 aliphatic carbocycles. The predicted molar refractivity (Wildman–Crippen MR) is 74.5 cm³/mol. The molecular weight excluding hydrogens is 301 g/mol. The molecular formula is C13H15F3N4S. The second kappa shape index (κ2) is 6.50. The van der Waals surface area contributed by atoms with Gasteiger partial charge in [-0.15, -0.1) is 5.10 Å². The van der Waals surface area contributed by atoms with Gasteiger partial charge in [0.1, 0.15) is 0 Å². The minimum atomic E-state index is -4.34. The number of halogens is 3. The lowest BCUT2D eigenvalue weighted by molar-refractivity contribution is -0.137. The molecule has 4 nitrogen and oxygen atoms in total. The highest BCUT2D eigenvalue weighted by atomic mass is 32.1. The van der Waals surface area contributed by atoms with Gasteiger partial charge in [-0.1, -0.05) is 29.6 Å². The van der Waals surface area contributed by atoms with Crippen LogP contribution in [0.15, 0.2) is 24.3 Å². The third-order valence-corrected chi connectivity index (χ3v) is 4.01. The van der Waals surface area contributed by atoms with E-state index in [1.165, 1.54) is 17.6 Å². The Hall–Kier alpha value is -1.51. The smallest absolute Gasteiger partial charge is 0.271 e. The van der Waals surface area contributed by atoms with E-state index in [1.54, 1.807) is 6.07 Å². The standard InChI is InChI=1S/C13H15F3N4S/c1-2-10-12(21-20-19-10)11(18-17)7-8-4-3-5-9(6-8)13(14,15)16/h3-6,11,18H,2,7,17H2,1H3. The molecule has 2 rings (SSSR count). The summed E-state index contributed by atoms with van der Waals surface area (Å²) < 4.78 is 42.0. The molecule has 0 saturated heterocycles. The summed E-state index contributed by atoms with van der Waals surface area (Å²) in [6.07, 6.45) is -3.30. The molecule has 21 heavy (non-hydrogen) atoms. The van der Waals surface area contributed by atoms with Crippen molar-refractivity contribution >= 4 is 11.5 Å². The van der Waals surface area contributed by atoms with Crippen molar-refractivity contribution in [1.82, 2.24) is 15.0 Å². The summed E-state index contributed by atoms with van der Waals surface area (Å²) in [6.45, 7) is 1.94. The van der Waals surface area contributed by atoms with E-state index in [9.17, 15) is 13.2 Å². The minimum Gasteiger partial charge on any atom is -0.271 e. The molecule has 1 aromatic carbocycles. The number of hydrogen-bond donors (Lipinski definition) is 2. The van der Waals surface area contributed by atoms with Crippen LogP contribution in [0.5, 0.6) is 0 Å². The summed E-state index contributed by atoms with van der Waals surface area (Å²) in [7, 11) is 0. The zero-order chi connectivity index (χ0) is 15.5. The summed E-state index contributed by atoms with van der Waals surface area (Å²) in [4.78, 5) is 0.859. The van der Waals surface area contributed by atoms with Gasteiger partial charge in [0, 0.05) is 0 Å². The first-order valence-electron chi connectivity index (χ1n) is 6.39. The van der Waals surface area contributed by atoms with Crippen molar-refractivity contribution in [2.45, 2.75) is 32.0 Å². The van der Waals surface area contributed by atoms with Crippen LogP contribution in [0, 0.1) is 0 Å². The highest BCUT2D eigenvalue weighted by Gasteiger charge is 2.30. The number of aromatic nitrogens is 2. The lowest BCUT2D eigenvalue weighted by Crippen LogP contribution is -2.29. The molecule has 1 heterocycles. The Morgan fingerprint density at radius 2 is 2.14 bits per heavy atom. The van der Waals surface area contributed by atoms with Gasteiger partial charge in [0.2, 0.25) is 0 Å². The molecule has 1 atom stereocenters. The van der Waals surface area contributed by atoms with Crippen LogP contribution in [-0.2, 0) is 19.0 Å². The summed E-state index contributed by atoms with van der Waals surface area (Å²) >= 11 is 1.21. The number of aryl methyl sites for hydroxylation is 1. The first kappa shape index (κ1) is 15.9. The molecule has 2 aromatic rings. The van der Waals surface area contributed by atoms with Crippen molar-refractivity contribution in [2.75, 3.05) is 0 Å². The number of alkyl halides is 3. The highest BCUT2D eigenvalue weighted by molar-refractivity contribution is 7.05. The van der Waals surface area contributed by atoms with Crippen LogP contribution in [0.4, 0.5) is 13.2 Å². The molecule has 114 valence electrons. The Balaban J connectivity index is 2.23. The van der Waals surface area contributed by atoms with Crippen molar-refractivity contribution < 1.29 is 13.2 Å². The topological polar surface area (TPSA) is 63.8 Å². The fourth-order valence-electron chi connectivity index (χ4n) is 2.06. The van der Waals surface area contributed by atoms with E-state index >= 15 is 0 Å². The molecule has 8 heteroatoms. The Bertz CT molecular complexity index is 597. The van der Waals surface area contributed by atoms with Gasteiger partial charge in [0.25, 0.3) is 0 Å². The molecule has 0 radical (unpaired) electrons. The Morgan fingerprint density at radius 1 is 1.38 bits per heavy atom. The van der Waals surface area contributed by atoms with Crippen LogP contribution in [0.3, 0.4) is 0 Å². The van der Waals surface area contributed by atoms with Crippen molar-refractivity contribution in [3.63, 3.8) is 0 Å². The summed E-state index contributed by atoms with van der Waals surface area (Å²) in [5, 5.41) is 3.99. The van der Waals surface area contributed by atoms with Crippen molar-refractivity contribution in [2.24, 2.45) is 5.84 Å². The molecule has 0 aliphatic heterocycles. The average molecular weight is 316 g/mol. The van der Waals surface area contributed by atoms with Gasteiger partial charge in [-0.05, 0) is 36.0 Å². The zero-order valence-electron chi connectivity index (χ0n) is 11.3. The minimum absolute atomic E-state index is 0.302. The Morgan fingerprint density at radius 3 is 2.76 bits per heavy atom. The number of hydrazine groups is 1. The van der Waals surface area contributed by atoms with Crippen molar-refractivity contribution in [3.05, 3.63) is 46.0 Å². The van der Waals surface area contributed by atoms with E-state index in [0.717, 1.165) is 22.7 Å². The summed E-state index contributed by atoms with van der Waals surface area (Å²) in [6, 6.07) is 4.95. The predicted octanol–water partition coefficient (Wildman–Crippen LogP) is 2.87. The fourth-order valence-corrected chi connectivity index (χ4v) is 2.86. The van der Waals surface area contributed by atoms with Crippen molar-refractivity contribution in [3.8, 4) is 0 Å². The molecule has 0 bridgehead atoms. The number of rotatable bonds is 5. The van der Waals surface area contributed by atoms with Gasteiger partial charge in [-0.25, -0.2) is 0 Å². The zero-order valence-corrected chi connectivity index (χ0v) is 12.1. The van der Waals surface area contributed by atoms with Crippen LogP contribution in [0.2, 0.25) is 0 Å². The number of nitrogens with two attached hydrogens (primary N) is 1. The van der Waals surface area contributed by atoms with Gasteiger partial charge in [-0.2, -0.15) is 13.2 Å². The second-order valence-electron chi connectivity index (χ2n) is 4.56. The van der Waals surface area contributed by atoms with E-state index in [2.05, 4.69) is 15.0 Å². The largest absolute Gasteiger partial charge is 0.416 e. The normalized spacial score (nSPS) is 13.4. The lowest BCUT2D eigenvalue weighted by atomic mass is 10.0. The molecule has 0 aliphatic rings. The third-order valence-electron chi connectivity index (χ3n) is 3.13. The maximum atomic E-state index is 12.7. The third kappa shape index (κ3) is 3.78. The second-order valence-corrected chi connectivity index (χ2v) is 5.34. The Kier molecular flexibility index (Phi) is 4.92. The molecule has 0 fully saturated rings. The van der Waals surface area contributed by atoms with Crippen molar-refractivity contribution in [1.29, 1.82) is 0 Å². The fraction of sp³-hybridized carbons (Fsp3) is 0.385. The summed E-state index contributed by atoms with van der Waals surface area (Å²) in [5.41, 5.74) is 3.35. The van der Waals surface area contributed by atoms with Gasteiger partial charge < -0.3 is 0 Å². The van der Waals surface area contributed by atoms with Crippen LogP contribution >= 0.6 is 11.5 Å². The Labute approximate surface area is 124 Å². The van der Waals surface area contributed by atoms with E-state index in [-0.39, 0.29) is 6.04 Å². The lowest BCUT2D eigenvalue weighted by Gasteiger charge is -2.16. The van der Waals surface area contributed by atoms with Gasteiger partial charge in [0.05, 0.1) is 22.2 Å². The molecule has 1 unspecified atom stereocenters. The quantitative estimate of drug-likeness (QED) is 0.658. The first-order chi connectivity index (χ1) is 9.95. The first-order valence-corrected chi connectivity index (χ1v) is 7.16. The van der Waals surface area contributed by atoms with E-state index in [4.69, 9.17) is 5.84 Å². The summed E-state index contributed by atoms with van der Waals surface area (Å²) in [5.74, 6) is 5.54. The van der Waals surface area contributed by atoms with E-state index < -0.39 is 11.7 Å². The molecule has 0 saturated carbocycles. The van der Waals surface area contributed by atoms with E-state index in [1.807, 2.05) is 6.92 Å².